The summed E-state index contributed by atoms with van der Waals surface area (Å²) in [5, 5.41) is 7.08. The number of rotatable bonds is 5. The van der Waals surface area contributed by atoms with Gasteiger partial charge in [-0.15, -0.1) is 0 Å². The smallest absolute Gasteiger partial charge is 0.251 e. The largest absolute Gasteiger partial charge is 0.357 e. The Bertz CT molecular complexity index is 887. The summed E-state index contributed by atoms with van der Waals surface area (Å²) in [4.78, 5) is 23.6. The SMILES string of the molecule is O=C(NCc1nccc(N2CCCC2)n1)c1cccc(-n2cccn2)c1. The number of hydrogen-bond donors (Lipinski definition) is 1. The van der Waals surface area contributed by atoms with Gasteiger partial charge in [-0.25, -0.2) is 14.6 Å². The monoisotopic (exact) mass is 348 g/mol. The molecule has 0 aliphatic carbocycles. The van der Waals surface area contributed by atoms with Crippen LogP contribution in [0.1, 0.15) is 29.0 Å². The molecule has 1 N–H and O–H groups in total. The number of carbonyl (C=O) groups is 1. The van der Waals surface area contributed by atoms with Crippen molar-refractivity contribution in [2.75, 3.05) is 18.0 Å². The quantitative estimate of drug-likeness (QED) is 0.765. The summed E-state index contributed by atoms with van der Waals surface area (Å²) in [6, 6.07) is 11.1. The molecule has 0 unspecified atom stereocenters. The molecule has 1 amide bonds. The summed E-state index contributed by atoms with van der Waals surface area (Å²) >= 11 is 0. The molecule has 0 saturated carbocycles. The number of nitrogens with zero attached hydrogens (tertiary/aromatic N) is 5. The Morgan fingerprint density at radius 2 is 2.00 bits per heavy atom. The lowest BCUT2D eigenvalue weighted by molar-refractivity contribution is 0.0950. The Hall–Kier alpha value is -3.22. The summed E-state index contributed by atoms with van der Waals surface area (Å²) < 4.78 is 1.72. The maximum Gasteiger partial charge on any atom is 0.251 e. The molecule has 3 aromatic rings. The van der Waals surface area contributed by atoms with Crippen molar-refractivity contribution in [2.45, 2.75) is 19.4 Å². The van der Waals surface area contributed by atoms with E-state index in [9.17, 15) is 4.79 Å². The van der Waals surface area contributed by atoms with Crippen molar-refractivity contribution in [1.29, 1.82) is 0 Å². The zero-order valence-electron chi connectivity index (χ0n) is 14.4. The third kappa shape index (κ3) is 3.56. The molecule has 0 bridgehead atoms. The van der Waals surface area contributed by atoms with Crippen LogP contribution in [0.25, 0.3) is 5.69 Å². The van der Waals surface area contributed by atoms with E-state index in [2.05, 4.69) is 25.3 Å². The van der Waals surface area contributed by atoms with Gasteiger partial charge in [0.15, 0.2) is 0 Å². The molecule has 2 aromatic heterocycles. The van der Waals surface area contributed by atoms with Gasteiger partial charge in [0.25, 0.3) is 5.91 Å². The first-order valence-electron chi connectivity index (χ1n) is 8.75. The van der Waals surface area contributed by atoms with E-state index in [0.717, 1.165) is 24.6 Å². The van der Waals surface area contributed by atoms with Crippen molar-refractivity contribution >= 4 is 11.7 Å². The Balaban J connectivity index is 1.43. The highest BCUT2D eigenvalue weighted by Gasteiger charge is 2.14. The molecule has 7 heteroatoms. The van der Waals surface area contributed by atoms with Crippen LogP contribution in [0.2, 0.25) is 0 Å². The summed E-state index contributed by atoms with van der Waals surface area (Å²) in [6.07, 6.45) is 7.69. The fourth-order valence-electron chi connectivity index (χ4n) is 3.07. The molecule has 7 nitrogen and oxygen atoms in total. The molecule has 0 atom stereocenters. The van der Waals surface area contributed by atoms with Crippen LogP contribution in [0.4, 0.5) is 5.82 Å². The zero-order valence-corrected chi connectivity index (χ0v) is 14.4. The zero-order chi connectivity index (χ0) is 17.8. The van der Waals surface area contributed by atoms with E-state index in [1.165, 1.54) is 12.8 Å². The minimum atomic E-state index is -0.158. The number of benzene rings is 1. The Kier molecular flexibility index (Phi) is 4.59. The molecule has 1 fully saturated rings. The van der Waals surface area contributed by atoms with Crippen LogP contribution in [0.3, 0.4) is 0 Å². The predicted octanol–water partition coefficient (Wildman–Crippen LogP) is 2.19. The van der Waals surface area contributed by atoms with Crippen molar-refractivity contribution in [3.8, 4) is 5.69 Å². The van der Waals surface area contributed by atoms with Crippen LogP contribution in [0.5, 0.6) is 0 Å². The fourth-order valence-corrected chi connectivity index (χ4v) is 3.07. The summed E-state index contributed by atoms with van der Waals surface area (Å²) in [5.74, 6) is 1.39. The average molecular weight is 348 g/mol. The van der Waals surface area contributed by atoms with Crippen molar-refractivity contribution in [2.24, 2.45) is 0 Å². The van der Waals surface area contributed by atoms with Crippen LogP contribution >= 0.6 is 0 Å². The lowest BCUT2D eigenvalue weighted by atomic mass is 10.2. The summed E-state index contributed by atoms with van der Waals surface area (Å²) in [6.45, 7) is 2.36. The number of amides is 1. The number of nitrogens with one attached hydrogen (secondary N) is 1. The molecular weight excluding hydrogens is 328 g/mol. The second-order valence-corrected chi connectivity index (χ2v) is 6.21. The maximum atomic E-state index is 12.5. The molecule has 1 aliphatic heterocycles. The molecule has 1 saturated heterocycles. The molecule has 0 spiro atoms. The van der Waals surface area contributed by atoms with Crippen LogP contribution < -0.4 is 10.2 Å². The Labute approximate surface area is 151 Å². The van der Waals surface area contributed by atoms with Gasteiger partial charge in [0.2, 0.25) is 0 Å². The first kappa shape index (κ1) is 16.3. The van der Waals surface area contributed by atoms with E-state index < -0.39 is 0 Å². The van der Waals surface area contributed by atoms with Crippen LogP contribution in [-0.2, 0) is 6.54 Å². The number of carbonyl (C=O) groups excluding carboxylic acids is 1. The van der Waals surface area contributed by atoms with Crippen LogP contribution in [-0.4, -0.2) is 38.7 Å². The fraction of sp³-hybridized carbons (Fsp3) is 0.263. The molecule has 1 aromatic carbocycles. The average Bonchev–Trinajstić information content (AvgIpc) is 3.40. The molecule has 26 heavy (non-hydrogen) atoms. The van der Waals surface area contributed by atoms with Gasteiger partial charge in [-0.3, -0.25) is 4.79 Å². The molecule has 0 radical (unpaired) electrons. The first-order valence-corrected chi connectivity index (χ1v) is 8.75. The Morgan fingerprint density at radius 3 is 2.81 bits per heavy atom. The minimum absolute atomic E-state index is 0.158. The van der Waals surface area contributed by atoms with Crippen molar-refractivity contribution in [1.82, 2.24) is 25.1 Å². The number of aromatic nitrogens is 4. The van der Waals surface area contributed by atoms with Crippen LogP contribution in [0, 0.1) is 0 Å². The molecule has 4 rings (SSSR count). The highest BCUT2D eigenvalue weighted by atomic mass is 16.1. The second-order valence-electron chi connectivity index (χ2n) is 6.21. The van der Waals surface area contributed by atoms with Crippen molar-refractivity contribution in [3.05, 3.63) is 66.4 Å². The van der Waals surface area contributed by atoms with E-state index in [1.807, 2.05) is 36.5 Å². The van der Waals surface area contributed by atoms with Gasteiger partial charge in [-0.1, -0.05) is 6.07 Å². The predicted molar refractivity (Wildman–Crippen MR) is 98.2 cm³/mol. The van der Waals surface area contributed by atoms with Crippen LogP contribution in [0.15, 0.2) is 55.0 Å². The third-order valence-corrected chi connectivity index (χ3v) is 4.41. The Morgan fingerprint density at radius 1 is 1.12 bits per heavy atom. The normalized spacial score (nSPS) is 13.8. The van der Waals surface area contributed by atoms with E-state index in [-0.39, 0.29) is 5.91 Å². The highest BCUT2D eigenvalue weighted by Crippen LogP contribution is 2.17. The van der Waals surface area contributed by atoms with Crippen molar-refractivity contribution < 1.29 is 4.79 Å². The summed E-state index contributed by atoms with van der Waals surface area (Å²) in [7, 11) is 0. The standard InChI is InChI=1S/C19H20N6O/c26-19(15-5-3-6-16(13-15)25-12-4-8-22-25)21-14-17-20-9-7-18(23-17)24-10-1-2-11-24/h3-9,12-13H,1-2,10-11,14H2,(H,21,26). The van der Waals surface area contributed by atoms with Gasteiger partial charge in [0.05, 0.1) is 12.2 Å². The van der Waals surface area contributed by atoms with E-state index in [1.54, 1.807) is 23.1 Å². The number of anilines is 1. The first-order chi connectivity index (χ1) is 12.8. The molecular formula is C19H20N6O. The maximum absolute atomic E-state index is 12.5. The molecule has 3 heterocycles. The van der Waals surface area contributed by atoms with E-state index in [0.29, 0.717) is 17.9 Å². The highest BCUT2D eigenvalue weighted by molar-refractivity contribution is 5.94. The molecule has 132 valence electrons. The lowest BCUT2D eigenvalue weighted by Crippen LogP contribution is -2.25. The van der Waals surface area contributed by atoms with Gasteiger partial charge < -0.3 is 10.2 Å². The van der Waals surface area contributed by atoms with E-state index in [4.69, 9.17) is 0 Å². The minimum Gasteiger partial charge on any atom is -0.357 e. The van der Waals surface area contributed by atoms with Gasteiger partial charge in [0, 0.05) is 37.2 Å². The van der Waals surface area contributed by atoms with Gasteiger partial charge in [-0.2, -0.15) is 5.10 Å². The molecule has 1 aliphatic rings. The van der Waals surface area contributed by atoms with E-state index >= 15 is 0 Å². The summed E-state index contributed by atoms with van der Waals surface area (Å²) in [5.41, 5.74) is 1.42. The van der Waals surface area contributed by atoms with Crippen molar-refractivity contribution in [3.63, 3.8) is 0 Å². The number of hydrogen-bond acceptors (Lipinski definition) is 5. The third-order valence-electron chi connectivity index (χ3n) is 4.41. The lowest BCUT2D eigenvalue weighted by Gasteiger charge is -2.16. The topological polar surface area (TPSA) is 75.9 Å². The second kappa shape index (κ2) is 7.35. The van der Waals surface area contributed by atoms with Gasteiger partial charge >= 0.3 is 0 Å². The van der Waals surface area contributed by atoms with Gasteiger partial charge in [-0.05, 0) is 43.2 Å². The van der Waals surface area contributed by atoms with Gasteiger partial charge in [0.1, 0.15) is 11.6 Å².